The molecule has 0 saturated heterocycles. The van der Waals surface area contributed by atoms with E-state index in [9.17, 15) is 0 Å². The normalized spacial score (nSPS) is 13.7. The Kier molecular flexibility index (Phi) is 6.31. The maximum absolute atomic E-state index is 5.67. The second-order valence-corrected chi connectivity index (χ2v) is 5.43. The second kappa shape index (κ2) is 8.23. The largest absolute Gasteiger partial charge is 0.289 e. The fraction of sp³-hybridized carbons (Fsp3) is 0.222. The molecule has 2 aromatic rings. The topological polar surface area (TPSA) is 3.24 Å². The minimum absolute atomic E-state index is 0.275. The van der Waals surface area contributed by atoms with Crippen molar-refractivity contribution in [2.75, 3.05) is 13.1 Å². The number of hydrogen-bond acceptors (Lipinski definition) is 1. The van der Waals surface area contributed by atoms with Gasteiger partial charge in [-0.25, -0.2) is 0 Å². The van der Waals surface area contributed by atoms with Crippen LogP contribution in [0.4, 0.5) is 0 Å². The van der Waals surface area contributed by atoms with Gasteiger partial charge in [-0.3, -0.25) is 4.90 Å². The zero-order valence-corrected chi connectivity index (χ0v) is 13.6. The fourth-order valence-electron chi connectivity index (χ4n) is 2.55. The monoisotopic (exact) mass is 319 g/mol. The van der Waals surface area contributed by atoms with Crippen LogP contribution in [-0.2, 0) is 0 Å². The van der Waals surface area contributed by atoms with Gasteiger partial charge in [-0.15, -0.1) is 0 Å². The highest BCUT2D eigenvalue weighted by Gasteiger charge is 2.15. The van der Waals surface area contributed by atoms with Crippen LogP contribution in [0.15, 0.2) is 65.7 Å². The molecule has 0 heterocycles. The molecule has 110 valence electrons. The molecule has 0 N–H and O–H groups in total. The van der Waals surface area contributed by atoms with Gasteiger partial charge in [-0.1, -0.05) is 77.8 Å². The summed E-state index contributed by atoms with van der Waals surface area (Å²) in [5, 5.41) is 2.56. The van der Waals surface area contributed by atoms with Crippen LogP contribution >= 0.6 is 23.2 Å². The number of fused-ring (bicyclic) bond motifs is 1. The lowest BCUT2D eigenvalue weighted by Gasteiger charge is -2.28. The molecular weight excluding hydrogens is 301 g/mol. The number of hydrogen-bond donors (Lipinski definition) is 0. The van der Waals surface area contributed by atoms with Crippen molar-refractivity contribution >= 4 is 34.0 Å². The minimum atomic E-state index is 0.275. The van der Waals surface area contributed by atoms with Crippen molar-refractivity contribution in [2.45, 2.75) is 13.0 Å². The number of nitrogens with zero attached hydrogens (tertiary/aromatic N) is 1. The fourth-order valence-corrected chi connectivity index (χ4v) is 2.71. The average Bonchev–Trinajstić information content (AvgIpc) is 2.54. The number of rotatable bonds is 6. The Morgan fingerprint density at radius 3 is 2.24 bits per heavy atom. The van der Waals surface area contributed by atoms with Crippen LogP contribution < -0.4 is 0 Å². The van der Waals surface area contributed by atoms with E-state index in [0.29, 0.717) is 0 Å². The van der Waals surface area contributed by atoms with E-state index in [1.54, 1.807) is 11.1 Å². The van der Waals surface area contributed by atoms with Crippen LogP contribution in [0, 0.1) is 0 Å². The molecule has 0 bridgehead atoms. The van der Waals surface area contributed by atoms with E-state index >= 15 is 0 Å². The first-order valence-electron chi connectivity index (χ1n) is 7.00. The Balaban J connectivity index is 2.35. The molecule has 1 nitrogen and oxygen atoms in total. The number of benzene rings is 2. The van der Waals surface area contributed by atoms with E-state index in [0.717, 1.165) is 13.1 Å². The van der Waals surface area contributed by atoms with Gasteiger partial charge < -0.3 is 0 Å². The summed E-state index contributed by atoms with van der Waals surface area (Å²) in [6.45, 7) is 3.79. The predicted octanol–water partition coefficient (Wildman–Crippen LogP) is 5.71. The van der Waals surface area contributed by atoms with Crippen LogP contribution in [0.25, 0.3) is 10.8 Å². The summed E-state index contributed by atoms with van der Waals surface area (Å²) in [4.78, 5) is 2.32. The summed E-state index contributed by atoms with van der Waals surface area (Å²) >= 11 is 11.3. The first kappa shape index (κ1) is 16.1. The average molecular weight is 320 g/mol. The van der Waals surface area contributed by atoms with E-state index in [4.69, 9.17) is 23.2 Å². The molecule has 0 radical (unpaired) electrons. The van der Waals surface area contributed by atoms with Crippen LogP contribution in [-0.4, -0.2) is 18.0 Å². The van der Waals surface area contributed by atoms with Gasteiger partial charge in [0.25, 0.3) is 0 Å². The molecule has 21 heavy (non-hydrogen) atoms. The molecule has 0 aliphatic rings. The number of halogens is 2. The summed E-state index contributed by atoms with van der Waals surface area (Å²) in [5.41, 5.74) is 4.44. The molecule has 0 amide bonds. The lowest BCUT2D eigenvalue weighted by molar-refractivity contribution is 0.261. The maximum Gasteiger partial charge on any atom is 0.0332 e. The van der Waals surface area contributed by atoms with E-state index in [2.05, 4.69) is 54.3 Å². The summed E-state index contributed by atoms with van der Waals surface area (Å²) < 4.78 is 0. The molecular formula is C18H19Cl2N. The SMILES string of the molecule is C[C@H](c1cccc2ccccc12)N(CC=CCl)CC=CCl. The molecule has 0 unspecified atom stereocenters. The molecule has 1 atom stereocenters. The van der Waals surface area contributed by atoms with Crippen molar-refractivity contribution in [1.82, 2.24) is 4.90 Å². The van der Waals surface area contributed by atoms with Gasteiger partial charge in [-0.05, 0) is 23.3 Å². The van der Waals surface area contributed by atoms with Gasteiger partial charge in [-0.2, -0.15) is 0 Å². The van der Waals surface area contributed by atoms with Gasteiger partial charge in [0.05, 0.1) is 0 Å². The van der Waals surface area contributed by atoms with E-state index < -0.39 is 0 Å². The molecule has 0 saturated carbocycles. The van der Waals surface area contributed by atoms with Crippen molar-refractivity contribution in [1.29, 1.82) is 0 Å². The van der Waals surface area contributed by atoms with E-state index in [1.165, 1.54) is 16.3 Å². The Hall–Kier alpha value is -1.28. The van der Waals surface area contributed by atoms with Gasteiger partial charge >= 0.3 is 0 Å². The molecule has 0 aromatic heterocycles. The first-order valence-corrected chi connectivity index (χ1v) is 7.87. The summed E-state index contributed by atoms with van der Waals surface area (Å²) in [6.07, 6.45) is 3.90. The van der Waals surface area contributed by atoms with Crippen molar-refractivity contribution in [3.8, 4) is 0 Å². The van der Waals surface area contributed by atoms with Gasteiger partial charge in [0, 0.05) is 30.2 Å². The van der Waals surface area contributed by atoms with Crippen molar-refractivity contribution in [3.63, 3.8) is 0 Å². The molecule has 0 fully saturated rings. The molecule has 2 rings (SSSR count). The Labute approximate surface area is 136 Å². The third kappa shape index (κ3) is 4.10. The zero-order chi connectivity index (χ0) is 15.1. The third-order valence-corrected chi connectivity index (χ3v) is 4.04. The molecule has 3 heteroatoms. The van der Waals surface area contributed by atoms with E-state index in [-0.39, 0.29) is 6.04 Å². The Morgan fingerprint density at radius 1 is 0.952 bits per heavy atom. The highest BCUT2D eigenvalue weighted by Crippen LogP contribution is 2.28. The third-order valence-electron chi connectivity index (χ3n) is 3.68. The van der Waals surface area contributed by atoms with Crippen LogP contribution in [0.1, 0.15) is 18.5 Å². The van der Waals surface area contributed by atoms with Gasteiger partial charge in [0.1, 0.15) is 0 Å². The lowest BCUT2D eigenvalue weighted by Crippen LogP contribution is -2.27. The highest BCUT2D eigenvalue weighted by atomic mass is 35.5. The minimum Gasteiger partial charge on any atom is -0.289 e. The van der Waals surface area contributed by atoms with Gasteiger partial charge in [0.15, 0.2) is 0 Å². The molecule has 0 aliphatic heterocycles. The molecule has 2 aromatic carbocycles. The summed E-state index contributed by atoms with van der Waals surface area (Å²) in [6, 6.07) is 15.2. The molecule has 0 aliphatic carbocycles. The predicted molar refractivity (Wildman–Crippen MR) is 93.9 cm³/mol. The maximum atomic E-state index is 5.67. The quantitative estimate of drug-likeness (QED) is 0.659. The molecule has 0 spiro atoms. The van der Waals surface area contributed by atoms with Crippen molar-refractivity contribution in [2.24, 2.45) is 0 Å². The second-order valence-electron chi connectivity index (χ2n) is 4.92. The lowest BCUT2D eigenvalue weighted by atomic mass is 9.98. The summed E-state index contributed by atoms with van der Waals surface area (Å²) in [7, 11) is 0. The Morgan fingerprint density at radius 2 is 1.57 bits per heavy atom. The highest BCUT2D eigenvalue weighted by molar-refractivity contribution is 6.25. The van der Waals surface area contributed by atoms with Crippen molar-refractivity contribution < 1.29 is 0 Å². The van der Waals surface area contributed by atoms with Gasteiger partial charge in [0.2, 0.25) is 0 Å². The van der Waals surface area contributed by atoms with Crippen molar-refractivity contribution in [3.05, 3.63) is 71.3 Å². The van der Waals surface area contributed by atoms with Crippen LogP contribution in [0.5, 0.6) is 0 Å². The van der Waals surface area contributed by atoms with Crippen LogP contribution in [0.2, 0.25) is 0 Å². The standard InChI is InChI=1S/C18H19Cl2N/c1-15(21(13-5-11-19)14-6-12-20)17-10-4-8-16-7-2-3-9-18(16)17/h2-12,15H,13-14H2,1H3/t15-/m1/s1. The van der Waals surface area contributed by atoms with E-state index in [1.807, 2.05) is 12.2 Å². The Bertz CT molecular complexity index is 615. The van der Waals surface area contributed by atoms with Crippen LogP contribution in [0.3, 0.4) is 0 Å². The smallest absolute Gasteiger partial charge is 0.0332 e. The summed E-state index contributed by atoms with van der Waals surface area (Å²) in [5.74, 6) is 0. The zero-order valence-electron chi connectivity index (χ0n) is 12.0. The first-order chi connectivity index (χ1) is 10.3.